The van der Waals surface area contributed by atoms with Gasteiger partial charge in [-0.1, -0.05) is 0 Å². The van der Waals surface area contributed by atoms with Crippen LogP contribution in [0.2, 0.25) is 0 Å². The second-order valence-corrected chi connectivity index (χ2v) is 2.66. The van der Waals surface area contributed by atoms with Crippen molar-refractivity contribution >= 4 is 0 Å². The molecule has 48 valence electrons. The maximum absolute atomic E-state index is 5.34. The normalized spacial score (nSPS) is 39.1. The minimum absolute atomic E-state index is 0.512. The lowest BCUT2D eigenvalue weighted by Crippen LogP contribution is -1.94. The van der Waals surface area contributed by atoms with Gasteiger partial charge in [0.15, 0.2) is 0 Å². The van der Waals surface area contributed by atoms with Crippen molar-refractivity contribution in [3.63, 3.8) is 0 Å². The van der Waals surface area contributed by atoms with Crippen LogP contribution < -0.4 is 0 Å². The van der Waals surface area contributed by atoms with E-state index in [-0.39, 0.29) is 0 Å². The van der Waals surface area contributed by atoms with Crippen LogP contribution in [0, 0.1) is 11.8 Å². The molecule has 2 unspecified atom stereocenters. The van der Waals surface area contributed by atoms with Gasteiger partial charge in [-0.2, -0.15) is 0 Å². The summed E-state index contributed by atoms with van der Waals surface area (Å²) in [6.07, 6.45) is 5.61. The van der Waals surface area contributed by atoms with E-state index < -0.39 is 0 Å². The van der Waals surface area contributed by atoms with Crippen LogP contribution in [0.5, 0.6) is 0 Å². The topological polar surface area (TPSA) is 12.5 Å². The number of ether oxygens (including phenoxy) is 1. The van der Waals surface area contributed by atoms with Gasteiger partial charge in [0.1, 0.15) is 0 Å². The Bertz CT molecular complexity index is 163. The maximum Gasteiger partial charge on any atom is 0.0950 e. The molecule has 1 heterocycles. The highest BCUT2D eigenvalue weighted by atomic mass is 16.6. The van der Waals surface area contributed by atoms with Gasteiger partial charge < -0.3 is 4.74 Å². The second-order valence-electron chi connectivity index (χ2n) is 2.66. The van der Waals surface area contributed by atoms with Gasteiger partial charge in [-0.25, -0.2) is 0 Å². The highest BCUT2D eigenvalue weighted by Gasteiger charge is 2.37. The smallest absolute Gasteiger partial charge is 0.0950 e. The summed E-state index contributed by atoms with van der Waals surface area (Å²) < 4.78 is 5.34. The van der Waals surface area contributed by atoms with Crippen LogP contribution in [-0.4, -0.2) is 12.2 Å². The van der Waals surface area contributed by atoms with Gasteiger partial charge in [-0.15, -0.1) is 11.8 Å². The lowest BCUT2D eigenvalue weighted by Gasteiger charge is -1.92. The molecule has 0 aromatic carbocycles. The molecule has 2 atom stereocenters. The van der Waals surface area contributed by atoms with Crippen molar-refractivity contribution in [1.82, 2.24) is 0 Å². The zero-order valence-electron chi connectivity index (χ0n) is 5.39. The summed E-state index contributed by atoms with van der Waals surface area (Å²) in [4.78, 5) is 0. The van der Waals surface area contributed by atoms with E-state index in [1.165, 1.54) is 12.8 Å². The molecule has 0 amide bonds. The van der Waals surface area contributed by atoms with Crippen LogP contribution in [-0.2, 0) is 4.74 Å². The summed E-state index contributed by atoms with van der Waals surface area (Å²) in [6, 6.07) is 0. The monoisotopic (exact) mass is 122 g/mol. The fourth-order valence-electron chi connectivity index (χ4n) is 1.27. The van der Waals surface area contributed by atoms with E-state index in [1.807, 2.05) is 0 Å². The molecule has 0 aromatic rings. The standard InChI is InChI=1S/C8H10O/c1-2-4-6-8-7(9-8)5-3-1/h7-8H,1,3,5-6H2. The summed E-state index contributed by atoms with van der Waals surface area (Å²) >= 11 is 0. The first kappa shape index (κ1) is 5.32. The van der Waals surface area contributed by atoms with Crippen molar-refractivity contribution < 1.29 is 4.74 Å². The van der Waals surface area contributed by atoms with Gasteiger partial charge in [0.2, 0.25) is 0 Å². The van der Waals surface area contributed by atoms with Gasteiger partial charge in [0.05, 0.1) is 12.2 Å². The van der Waals surface area contributed by atoms with Gasteiger partial charge >= 0.3 is 0 Å². The van der Waals surface area contributed by atoms with Crippen LogP contribution in [0.15, 0.2) is 0 Å². The molecule has 1 aliphatic carbocycles. The van der Waals surface area contributed by atoms with E-state index in [2.05, 4.69) is 11.8 Å². The Morgan fingerprint density at radius 1 is 1.22 bits per heavy atom. The van der Waals surface area contributed by atoms with Crippen molar-refractivity contribution in [3.05, 3.63) is 0 Å². The Balaban J connectivity index is 1.97. The minimum atomic E-state index is 0.512. The lowest BCUT2D eigenvalue weighted by molar-refractivity contribution is 0.363. The molecule has 2 rings (SSSR count). The summed E-state index contributed by atoms with van der Waals surface area (Å²) in [5.41, 5.74) is 0. The molecule has 1 fully saturated rings. The molecular formula is C8H10O. The van der Waals surface area contributed by atoms with E-state index >= 15 is 0 Å². The van der Waals surface area contributed by atoms with E-state index in [1.54, 1.807) is 0 Å². The first-order valence-corrected chi connectivity index (χ1v) is 3.58. The number of epoxide rings is 1. The Kier molecular flexibility index (Phi) is 1.20. The quantitative estimate of drug-likeness (QED) is 0.349. The zero-order valence-corrected chi connectivity index (χ0v) is 5.39. The van der Waals surface area contributed by atoms with Crippen LogP contribution in [0.25, 0.3) is 0 Å². The summed E-state index contributed by atoms with van der Waals surface area (Å²) in [6.45, 7) is 0. The third kappa shape index (κ3) is 1.09. The van der Waals surface area contributed by atoms with Crippen molar-refractivity contribution in [2.75, 3.05) is 0 Å². The number of rotatable bonds is 0. The summed E-state index contributed by atoms with van der Waals surface area (Å²) in [5, 5.41) is 0. The average molecular weight is 122 g/mol. The molecule has 0 aromatic heterocycles. The van der Waals surface area contributed by atoms with Crippen LogP contribution in [0.3, 0.4) is 0 Å². The predicted octanol–water partition coefficient (Wildman–Crippen LogP) is 1.33. The maximum atomic E-state index is 5.34. The molecule has 0 saturated carbocycles. The Labute approximate surface area is 55.4 Å². The molecule has 2 aliphatic rings. The lowest BCUT2D eigenvalue weighted by atomic mass is 10.1. The van der Waals surface area contributed by atoms with E-state index in [4.69, 9.17) is 4.74 Å². The van der Waals surface area contributed by atoms with Crippen molar-refractivity contribution in [1.29, 1.82) is 0 Å². The van der Waals surface area contributed by atoms with Gasteiger partial charge in [-0.3, -0.25) is 0 Å². The molecule has 1 saturated heterocycles. The molecule has 1 heteroatoms. The van der Waals surface area contributed by atoms with Gasteiger partial charge in [0.25, 0.3) is 0 Å². The molecule has 0 spiro atoms. The van der Waals surface area contributed by atoms with E-state index in [0.717, 1.165) is 12.8 Å². The average Bonchev–Trinajstić information content (AvgIpc) is 2.46. The van der Waals surface area contributed by atoms with Crippen molar-refractivity contribution in [2.45, 2.75) is 37.9 Å². The van der Waals surface area contributed by atoms with Crippen LogP contribution in [0.4, 0.5) is 0 Å². The highest BCUT2D eigenvalue weighted by Crippen LogP contribution is 2.30. The minimum Gasteiger partial charge on any atom is -0.369 e. The highest BCUT2D eigenvalue weighted by molar-refractivity contribution is 5.06. The SMILES string of the molecule is C1#CCC2OC2CCC1. The molecule has 0 bridgehead atoms. The number of fused-ring (bicyclic) bond motifs is 1. The molecule has 0 radical (unpaired) electrons. The van der Waals surface area contributed by atoms with Crippen molar-refractivity contribution in [2.24, 2.45) is 0 Å². The number of hydrogen-bond acceptors (Lipinski definition) is 1. The van der Waals surface area contributed by atoms with E-state index in [9.17, 15) is 0 Å². The molecule has 0 N–H and O–H groups in total. The fourth-order valence-corrected chi connectivity index (χ4v) is 1.27. The van der Waals surface area contributed by atoms with Crippen LogP contribution >= 0.6 is 0 Å². The molecule has 9 heavy (non-hydrogen) atoms. The number of hydrogen-bond donors (Lipinski definition) is 0. The largest absolute Gasteiger partial charge is 0.369 e. The first-order chi connectivity index (χ1) is 4.47. The molecular weight excluding hydrogens is 112 g/mol. The first-order valence-electron chi connectivity index (χ1n) is 3.58. The van der Waals surface area contributed by atoms with Crippen molar-refractivity contribution in [3.8, 4) is 11.8 Å². The molecule has 1 nitrogen and oxygen atoms in total. The predicted molar refractivity (Wildman–Crippen MR) is 34.9 cm³/mol. The Hall–Kier alpha value is -0.480. The second kappa shape index (κ2) is 2.04. The van der Waals surface area contributed by atoms with E-state index in [0.29, 0.717) is 12.2 Å². The zero-order chi connectivity index (χ0) is 6.10. The van der Waals surface area contributed by atoms with Gasteiger partial charge in [0, 0.05) is 12.8 Å². The Morgan fingerprint density at radius 2 is 2.22 bits per heavy atom. The summed E-state index contributed by atoms with van der Waals surface area (Å²) in [5.74, 6) is 6.22. The Morgan fingerprint density at radius 3 is 3.22 bits per heavy atom. The third-order valence-corrected chi connectivity index (χ3v) is 1.91. The molecule has 1 aliphatic heterocycles. The third-order valence-electron chi connectivity index (χ3n) is 1.91. The van der Waals surface area contributed by atoms with Crippen LogP contribution in [0.1, 0.15) is 25.7 Å². The summed E-state index contributed by atoms with van der Waals surface area (Å²) in [7, 11) is 0. The van der Waals surface area contributed by atoms with Gasteiger partial charge in [-0.05, 0) is 12.8 Å². The fraction of sp³-hybridized carbons (Fsp3) is 0.750.